The van der Waals surface area contributed by atoms with Crippen LogP contribution in [-0.4, -0.2) is 71.9 Å². The Morgan fingerprint density at radius 2 is 1.88 bits per heavy atom. The first-order chi connectivity index (χ1) is 16.2. The predicted octanol–water partition coefficient (Wildman–Crippen LogP) is 1.38. The molecule has 0 amide bonds. The van der Waals surface area contributed by atoms with Crippen molar-refractivity contribution in [2.75, 3.05) is 11.9 Å². The average molecular weight is 456 g/mol. The van der Waals surface area contributed by atoms with E-state index in [1.807, 2.05) is 18.2 Å². The second-order valence-corrected chi connectivity index (χ2v) is 8.65. The number of hydrogen-bond donors (Lipinski definition) is 4. The van der Waals surface area contributed by atoms with Crippen molar-refractivity contribution in [2.45, 2.75) is 69.0 Å². The van der Waals surface area contributed by atoms with Gasteiger partial charge in [-0.3, -0.25) is 4.57 Å². The fourth-order valence-corrected chi connectivity index (χ4v) is 4.67. The molecule has 3 heterocycles. The first-order valence-corrected chi connectivity index (χ1v) is 11.4. The molecule has 6 atom stereocenters. The van der Waals surface area contributed by atoms with Gasteiger partial charge in [0, 0.05) is 0 Å². The number of nitrogens with one attached hydrogen (secondary N) is 1. The first-order valence-electron chi connectivity index (χ1n) is 11.4. The Labute approximate surface area is 191 Å². The van der Waals surface area contributed by atoms with Crippen LogP contribution in [0.15, 0.2) is 43.0 Å². The Hall–Kier alpha value is -2.63. The number of aliphatic hydroxyl groups is 3. The summed E-state index contributed by atoms with van der Waals surface area (Å²) in [6.45, 7) is 0.165. The number of anilines is 1. The van der Waals surface area contributed by atoms with Crippen LogP contribution in [0.3, 0.4) is 0 Å². The van der Waals surface area contributed by atoms with Crippen LogP contribution in [-0.2, 0) is 16.1 Å². The van der Waals surface area contributed by atoms with Gasteiger partial charge >= 0.3 is 0 Å². The lowest BCUT2D eigenvalue weighted by atomic mass is 9.92. The van der Waals surface area contributed by atoms with Crippen LogP contribution >= 0.6 is 0 Å². The number of rotatable bonds is 7. The maximum Gasteiger partial charge on any atom is 0.167 e. The molecule has 3 aromatic rings. The van der Waals surface area contributed by atoms with Crippen molar-refractivity contribution < 1.29 is 24.8 Å². The molecule has 0 spiro atoms. The van der Waals surface area contributed by atoms with Gasteiger partial charge in [-0.1, -0.05) is 43.2 Å². The molecule has 2 aliphatic rings. The van der Waals surface area contributed by atoms with Crippen molar-refractivity contribution in [3.63, 3.8) is 0 Å². The summed E-state index contributed by atoms with van der Waals surface area (Å²) in [5.74, 6) is 0.589. The van der Waals surface area contributed by atoms with E-state index in [1.165, 1.54) is 12.7 Å². The standard InChI is InChI=1S/C23H29N5O5/c29-10-17-19(30)20(31)23(33-17)28-13-26-18-21(24-12-25-22(18)28)27-15-8-4-5-9-16(15)32-11-14-6-2-1-3-7-14/h1-3,6-7,12-13,15-17,19-20,23,29-31H,4-5,8-11H2,(H,24,25,27)/t15?,16-,17-,19-,20-,23?/m1/s1. The number of hydrogen-bond acceptors (Lipinski definition) is 9. The largest absolute Gasteiger partial charge is 0.394 e. The van der Waals surface area contributed by atoms with Crippen LogP contribution in [0.2, 0.25) is 0 Å². The summed E-state index contributed by atoms with van der Waals surface area (Å²) in [4.78, 5) is 13.2. The molecule has 5 rings (SSSR count). The molecular weight excluding hydrogens is 426 g/mol. The van der Waals surface area contributed by atoms with Crippen LogP contribution in [0.1, 0.15) is 37.5 Å². The lowest BCUT2D eigenvalue weighted by Gasteiger charge is -2.32. The summed E-state index contributed by atoms with van der Waals surface area (Å²) in [5.41, 5.74) is 2.16. The van der Waals surface area contributed by atoms with E-state index in [0.717, 1.165) is 31.2 Å². The third-order valence-electron chi connectivity index (χ3n) is 6.48. The molecule has 176 valence electrons. The maximum atomic E-state index is 10.4. The zero-order chi connectivity index (χ0) is 22.8. The van der Waals surface area contributed by atoms with Gasteiger partial charge in [-0.2, -0.15) is 0 Å². The molecular formula is C23H29N5O5. The van der Waals surface area contributed by atoms with Crippen molar-refractivity contribution in [3.8, 4) is 0 Å². The zero-order valence-corrected chi connectivity index (χ0v) is 18.2. The van der Waals surface area contributed by atoms with Crippen LogP contribution in [0.4, 0.5) is 5.82 Å². The topological polar surface area (TPSA) is 135 Å². The number of ether oxygens (including phenoxy) is 2. The minimum atomic E-state index is -1.21. The molecule has 33 heavy (non-hydrogen) atoms. The van der Waals surface area contributed by atoms with E-state index in [9.17, 15) is 15.3 Å². The average Bonchev–Trinajstić information content (AvgIpc) is 3.40. The van der Waals surface area contributed by atoms with E-state index >= 15 is 0 Å². The summed E-state index contributed by atoms with van der Waals surface area (Å²) in [6.07, 6.45) is 2.98. The van der Waals surface area contributed by atoms with Crippen LogP contribution < -0.4 is 5.32 Å². The van der Waals surface area contributed by atoms with Crippen LogP contribution in [0.5, 0.6) is 0 Å². The normalized spacial score (nSPS) is 30.0. The number of fused-ring (bicyclic) bond motifs is 1. The van der Waals surface area contributed by atoms with E-state index < -0.39 is 31.1 Å². The van der Waals surface area contributed by atoms with Crippen molar-refractivity contribution >= 4 is 17.0 Å². The van der Waals surface area contributed by atoms with Gasteiger partial charge in [0.05, 0.1) is 31.7 Å². The number of aromatic nitrogens is 4. The minimum Gasteiger partial charge on any atom is -0.394 e. The van der Waals surface area contributed by atoms with Gasteiger partial charge in [-0.05, 0) is 18.4 Å². The van der Waals surface area contributed by atoms with Crippen molar-refractivity contribution in [2.24, 2.45) is 0 Å². The predicted molar refractivity (Wildman–Crippen MR) is 119 cm³/mol. The molecule has 1 aromatic carbocycles. The van der Waals surface area contributed by atoms with Gasteiger partial charge in [0.1, 0.15) is 24.6 Å². The smallest absolute Gasteiger partial charge is 0.167 e. The summed E-state index contributed by atoms with van der Waals surface area (Å²) >= 11 is 0. The van der Waals surface area contributed by atoms with E-state index in [4.69, 9.17) is 9.47 Å². The molecule has 10 heteroatoms. The fourth-order valence-electron chi connectivity index (χ4n) is 4.67. The molecule has 2 aromatic heterocycles. The highest BCUT2D eigenvalue weighted by Gasteiger charge is 2.44. The molecule has 10 nitrogen and oxygen atoms in total. The second-order valence-electron chi connectivity index (χ2n) is 8.65. The molecule has 1 aliphatic heterocycles. The van der Waals surface area contributed by atoms with E-state index in [0.29, 0.717) is 23.6 Å². The SMILES string of the molecule is OC[C@H]1OC(n2cnc3c(NC4CCCC[C@H]4OCc4ccccc4)ncnc32)[C@H](O)[C@@H]1O. The van der Waals surface area contributed by atoms with Crippen molar-refractivity contribution in [1.82, 2.24) is 19.5 Å². The fraction of sp³-hybridized carbons (Fsp3) is 0.522. The monoisotopic (exact) mass is 455 g/mol. The van der Waals surface area contributed by atoms with Gasteiger partial charge in [0.2, 0.25) is 0 Å². The number of aliphatic hydroxyl groups excluding tert-OH is 3. The summed E-state index contributed by atoms with van der Waals surface area (Å²) in [6, 6.07) is 10.2. The van der Waals surface area contributed by atoms with Crippen LogP contribution in [0, 0.1) is 0 Å². The van der Waals surface area contributed by atoms with E-state index in [-0.39, 0.29) is 12.1 Å². The first kappa shape index (κ1) is 22.2. The molecule has 4 N–H and O–H groups in total. The highest BCUT2D eigenvalue weighted by Crippen LogP contribution is 2.33. The zero-order valence-electron chi connectivity index (χ0n) is 18.2. The Bertz CT molecular complexity index is 1060. The minimum absolute atomic E-state index is 0.0477. The van der Waals surface area contributed by atoms with Gasteiger partial charge in [-0.25, -0.2) is 15.0 Å². The highest BCUT2D eigenvalue weighted by atomic mass is 16.6. The van der Waals surface area contributed by atoms with Crippen molar-refractivity contribution in [1.29, 1.82) is 0 Å². The molecule has 2 fully saturated rings. The Morgan fingerprint density at radius 3 is 2.67 bits per heavy atom. The molecule has 2 unspecified atom stereocenters. The molecule has 1 saturated carbocycles. The van der Waals surface area contributed by atoms with E-state index in [1.54, 1.807) is 4.57 Å². The molecule has 0 bridgehead atoms. The number of nitrogens with zero attached hydrogens (tertiary/aromatic N) is 4. The lowest BCUT2D eigenvalue weighted by Crippen LogP contribution is -2.38. The second kappa shape index (κ2) is 9.70. The van der Waals surface area contributed by atoms with E-state index in [2.05, 4.69) is 32.4 Å². The molecule has 1 saturated heterocycles. The molecule has 1 aliphatic carbocycles. The third-order valence-corrected chi connectivity index (χ3v) is 6.48. The highest BCUT2D eigenvalue weighted by molar-refractivity contribution is 5.82. The Morgan fingerprint density at radius 1 is 1.06 bits per heavy atom. The van der Waals surface area contributed by atoms with Gasteiger partial charge in [0.15, 0.2) is 23.2 Å². The molecule has 0 radical (unpaired) electrons. The Balaban J connectivity index is 1.34. The van der Waals surface area contributed by atoms with Gasteiger partial charge in [-0.15, -0.1) is 0 Å². The maximum absolute atomic E-state index is 10.4. The quantitative estimate of drug-likeness (QED) is 0.417. The van der Waals surface area contributed by atoms with Crippen molar-refractivity contribution in [3.05, 3.63) is 48.5 Å². The van der Waals surface area contributed by atoms with Crippen LogP contribution in [0.25, 0.3) is 11.2 Å². The number of benzene rings is 1. The summed E-state index contributed by atoms with van der Waals surface area (Å²) in [7, 11) is 0. The van der Waals surface area contributed by atoms with Gasteiger partial charge < -0.3 is 30.1 Å². The Kier molecular flexibility index (Phi) is 6.52. The third kappa shape index (κ3) is 4.44. The number of imidazole rings is 1. The summed E-state index contributed by atoms with van der Waals surface area (Å²) < 4.78 is 13.5. The van der Waals surface area contributed by atoms with Gasteiger partial charge in [0.25, 0.3) is 0 Å². The summed E-state index contributed by atoms with van der Waals surface area (Å²) in [5, 5.41) is 33.4. The lowest BCUT2D eigenvalue weighted by molar-refractivity contribution is -0.0511.